The zero-order valence-electron chi connectivity index (χ0n) is 18.3. The standard InChI is InChI=1S/C25H24N2O6/c1-15(28)26-12-20-13-27(25(30)33-20)19-6-7-21-17(11-19)3-2-4-18(24(21)29)9-16-5-8-22-23(10-16)32-14-31-22/h5-11,20H,2-4,12-14H2,1H3,(H,26,28)/t20-/m0/s1. The fraction of sp³-hybridized carbons (Fsp3) is 0.320. The molecule has 2 aromatic carbocycles. The van der Waals surface area contributed by atoms with Gasteiger partial charge >= 0.3 is 6.09 Å². The van der Waals surface area contributed by atoms with Crippen molar-refractivity contribution < 1.29 is 28.6 Å². The molecule has 2 aliphatic heterocycles. The van der Waals surface area contributed by atoms with Gasteiger partial charge in [0.25, 0.3) is 0 Å². The van der Waals surface area contributed by atoms with Gasteiger partial charge in [0.2, 0.25) is 12.7 Å². The Bertz CT molecular complexity index is 1170. The van der Waals surface area contributed by atoms with Gasteiger partial charge in [0.05, 0.1) is 13.1 Å². The van der Waals surface area contributed by atoms with Crippen molar-refractivity contribution in [2.75, 3.05) is 24.8 Å². The summed E-state index contributed by atoms with van der Waals surface area (Å²) >= 11 is 0. The number of cyclic esters (lactones) is 1. The summed E-state index contributed by atoms with van der Waals surface area (Å²) in [5.41, 5.74) is 3.92. The minimum Gasteiger partial charge on any atom is -0.454 e. The second kappa shape index (κ2) is 8.61. The molecule has 0 spiro atoms. The van der Waals surface area contributed by atoms with E-state index in [1.165, 1.54) is 6.92 Å². The van der Waals surface area contributed by atoms with Crippen molar-refractivity contribution in [3.8, 4) is 11.5 Å². The molecule has 5 rings (SSSR count). The summed E-state index contributed by atoms with van der Waals surface area (Å²) in [6.07, 6.45) is 3.30. The quantitative estimate of drug-likeness (QED) is 0.569. The van der Waals surface area contributed by atoms with Gasteiger partial charge in [0.15, 0.2) is 17.3 Å². The van der Waals surface area contributed by atoms with Gasteiger partial charge in [-0.3, -0.25) is 14.5 Å². The average Bonchev–Trinajstić information content (AvgIpc) is 3.38. The van der Waals surface area contributed by atoms with Gasteiger partial charge in [0, 0.05) is 23.7 Å². The van der Waals surface area contributed by atoms with Crippen LogP contribution in [0.2, 0.25) is 0 Å². The third kappa shape index (κ3) is 4.28. The zero-order chi connectivity index (χ0) is 22.9. The Morgan fingerprint density at radius 1 is 1.12 bits per heavy atom. The third-order valence-electron chi connectivity index (χ3n) is 6.02. The topological polar surface area (TPSA) is 94.2 Å². The third-order valence-corrected chi connectivity index (χ3v) is 6.02. The summed E-state index contributed by atoms with van der Waals surface area (Å²) in [5.74, 6) is 1.23. The van der Waals surface area contributed by atoms with Gasteiger partial charge in [-0.1, -0.05) is 6.07 Å². The van der Waals surface area contributed by atoms with E-state index in [2.05, 4.69) is 5.32 Å². The van der Waals surface area contributed by atoms with Gasteiger partial charge in [-0.15, -0.1) is 0 Å². The molecule has 2 amide bonds. The van der Waals surface area contributed by atoms with E-state index < -0.39 is 12.2 Å². The Morgan fingerprint density at radius 3 is 2.82 bits per heavy atom. The van der Waals surface area contributed by atoms with Crippen LogP contribution in [0.5, 0.6) is 11.5 Å². The predicted molar refractivity (Wildman–Crippen MR) is 121 cm³/mol. The van der Waals surface area contributed by atoms with Crippen LogP contribution in [0.25, 0.3) is 6.08 Å². The molecule has 8 nitrogen and oxygen atoms in total. The second-order valence-corrected chi connectivity index (χ2v) is 8.36. The number of ketones is 1. The SMILES string of the molecule is CC(=O)NC[C@H]1CN(c2ccc3c(c2)CCCC(=Cc2ccc4c(c2)OCO4)C3=O)C(=O)O1. The first kappa shape index (κ1) is 21.1. The van der Waals surface area contributed by atoms with Crippen molar-refractivity contribution in [1.29, 1.82) is 0 Å². The summed E-state index contributed by atoms with van der Waals surface area (Å²) in [4.78, 5) is 38.3. The number of benzene rings is 2. The van der Waals surface area contributed by atoms with Crippen LogP contribution in [-0.4, -0.2) is 43.8 Å². The number of carbonyl (C=O) groups excluding carboxylic acids is 3. The molecule has 1 N–H and O–H groups in total. The highest BCUT2D eigenvalue weighted by Gasteiger charge is 2.33. The number of carbonyl (C=O) groups is 3. The molecule has 2 heterocycles. The Kier molecular flexibility index (Phi) is 5.50. The van der Waals surface area contributed by atoms with Crippen molar-refractivity contribution in [1.82, 2.24) is 5.32 Å². The number of ether oxygens (including phenoxy) is 3. The van der Waals surface area contributed by atoms with Crippen LogP contribution in [-0.2, 0) is 16.0 Å². The molecular formula is C25H24N2O6. The van der Waals surface area contributed by atoms with Crippen molar-refractivity contribution in [3.63, 3.8) is 0 Å². The molecule has 3 aliphatic rings. The summed E-state index contributed by atoms with van der Waals surface area (Å²) in [6, 6.07) is 11.1. The maximum Gasteiger partial charge on any atom is 0.414 e. The number of aryl methyl sites for hydroxylation is 1. The maximum atomic E-state index is 13.3. The van der Waals surface area contributed by atoms with Crippen molar-refractivity contribution in [2.45, 2.75) is 32.3 Å². The smallest absolute Gasteiger partial charge is 0.414 e. The number of allylic oxidation sites excluding steroid dienone is 1. The molecule has 0 unspecified atom stereocenters. The molecule has 1 atom stereocenters. The summed E-state index contributed by atoms with van der Waals surface area (Å²) in [5, 5.41) is 2.67. The molecule has 8 heteroatoms. The van der Waals surface area contributed by atoms with Gasteiger partial charge < -0.3 is 19.5 Å². The molecule has 170 valence electrons. The molecule has 0 radical (unpaired) electrons. The number of nitrogens with zero attached hydrogens (tertiary/aromatic N) is 1. The predicted octanol–water partition coefficient (Wildman–Crippen LogP) is 3.48. The molecule has 1 saturated heterocycles. The lowest BCUT2D eigenvalue weighted by Gasteiger charge is -2.16. The van der Waals surface area contributed by atoms with E-state index in [1.807, 2.05) is 30.3 Å². The minimum absolute atomic E-state index is 0.000694. The summed E-state index contributed by atoms with van der Waals surface area (Å²) < 4.78 is 16.2. The van der Waals surface area contributed by atoms with Crippen molar-refractivity contribution in [2.24, 2.45) is 0 Å². The van der Waals surface area contributed by atoms with Crippen molar-refractivity contribution in [3.05, 3.63) is 58.7 Å². The average molecular weight is 448 g/mol. The maximum absolute atomic E-state index is 13.3. The first-order valence-electron chi connectivity index (χ1n) is 11.0. The Labute approximate surface area is 191 Å². The van der Waals surface area contributed by atoms with Crippen LogP contribution >= 0.6 is 0 Å². The second-order valence-electron chi connectivity index (χ2n) is 8.36. The van der Waals surface area contributed by atoms with E-state index in [0.29, 0.717) is 35.7 Å². The molecule has 0 bridgehead atoms. The monoisotopic (exact) mass is 448 g/mol. The number of fused-ring (bicyclic) bond motifs is 2. The number of rotatable bonds is 4. The number of hydrogen-bond acceptors (Lipinski definition) is 6. The lowest BCUT2D eigenvalue weighted by Crippen LogP contribution is -2.33. The molecule has 0 aromatic heterocycles. The first-order valence-corrected chi connectivity index (χ1v) is 11.0. The van der Waals surface area contributed by atoms with Crippen LogP contribution in [0.15, 0.2) is 42.0 Å². The van der Waals surface area contributed by atoms with Gasteiger partial charge in [0.1, 0.15) is 6.10 Å². The van der Waals surface area contributed by atoms with E-state index in [0.717, 1.165) is 29.5 Å². The number of hydrogen-bond donors (Lipinski definition) is 1. The lowest BCUT2D eigenvalue weighted by molar-refractivity contribution is -0.119. The molecular weight excluding hydrogens is 424 g/mol. The first-order chi connectivity index (χ1) is 16.0. The van der Waals surface area contributed by atoms with Crippen LogP contribution in [0.4, 0.5) is 10.5 Å². The summed E-state index contributed by atoms with van der Waals surface area (Å²) in [7, 11) is 0. The van der Waals surface area contributed by atoms with Crippen molar-refractivity contribution >= 4 is 29.5 Å². The fourth-order valence-electron chi connectivity index (χ4n) is 4.37. The van der Waals surface area contributed by atoms with E-state index in [9.17, 15) is 14.4 Å². The largest absolute Gasteiger partial charge is 0.454 e. The van der Waals surface area contributed by atoms with Gasteiger partial charge in [-0.2, -0.15) is 0 Å². The molecule has 2 aromatic rings. The number of nitrogens with one attached hydrogen (secondary N) is 1. The highest BCUT2D eigenvalue weighted by molar-refractivity contribution is 6.12. The van der Waals surface area contributed by atoms with Crippen LogP contribution in [0, 0.1) is 0 Å². The fourth-order valence-corrected chi connectivity index (χ4v) is 4.37. The summed E-state index contributed by atoms with van der Waals surface area (Å²) in [6.45, 7) is 2.26. The molecule has 33 heavy (non-hydrogen) atoms. The Morgan fingerprint density at radius 2 is 1.97 bits per heavy atom. The number of amides is 2. The van der Waals surface area contributed by atoms with E-state index in [-0.39, 0.29) is 25.0 Å². The molecule has 1 fully saturated rings. The van der Waals surface area contributed by atoms with Gasteiger partial charge in [-0.05, 0) is 66.8 Å². The normalized spacial score (nSPS) is 20.5. The lowest BCUT2D eigenvalue weighted by atomic mass is 9.97. The number of Topliss-reactive ketones (excluding diaryl/α,β-unsaturated/α-hetero) is 1. The minimum atomic E-state index is -0.450. The number of anilines is 1. The van der Waals surface area contributed by atoms with Crippen LogP contribution in [0.1, 0.15) is 41.3 Å². The van der Waals surface area contributed by atoms with E-state index in [4.69, 9.17) is 14.2 Å². The van der Waals surface area contributed by atoms with Gasteiger partial charge in [-0.25, -0.2) is 4.79 Å². The van der Waals surface area contributed by atoms with E-state index in [1.54, 1.807) is 17.0 Å². The molecule has 0 saturated carbocycles. The van der Waals surface area contributed by atoms with E-state index >= 15 is 0 Å². The molecule has 1 aliphatic carbocycles. The van der Waals surface area contributed by atoms with Crippen LogP contribution < -0.4 is 19.7 Å². The van der Waals surface area contributed by atoms with Crippen LogP contribution in [0.3, 0.4) is 0 Å². The Balaban J connectivity index is 1.36. The zero-order valence-corrected chi connectivity index (χ0v) is 18.3. The highest BCUT2D eigenvalue weighted by atomic mass is 16.7. The Hall–Kier alpha value is -3.81. The highest BCUT2D eigenvalue weighted by Crippen LogP contribution is 2.35.